The highest BCUT2D eigenvalue weighted by molar-refractivity contribution is 8.00. The van der Waals surface area contributed by atoms with Gasteiger partial charge in [0.1, 0.15) is 6.61 Å². The van der Waals surface area contributed by atoms with Gasteiger partial charge in [0.15, 0.2) is 0 Å². The Bertz CT molecular complexity index is 562. The zero-order valence-electron chi connectivity index (χ0n) is 19.1. The van der Waals surface area contributed by atoms with E-state index >= 15 is 0 Å². The van der Waals surface area contributed by atoms with Gasteiger partial charge in [-0.05, 0) is 50.9 Å². The summed E-state index contributed by atoms with van der Waals surface area (Å²) >= 11 is 2.04. The smallest absolute Gasteiger partial charge is 0.305 e. The fraction of sp³-hybridized carbons (Fsp3) is 0.880. The van der Waals surface area contributed by atoms with Gasteiger partial charge in [0.05, 0.1) is 18.3 Å². The van der Waals surface area contributed by atoms with Crippen LogP contribution < -0.4 is 0 Å². The molecule has 2 unspecified atom stereocenters. The van der Waals surface area contributed by atoms with Crippen molar-refractivity contribution in [2.45, 2.75) is 113 Å². The molecule has 5 nitrogen and oxygen atoms in total. The predicted octanol–water partition coefficient (Wildman–Crippen LogP) is 4.64. The summed E-state index contributed by atoms with van der Waals surface area (Å²) < 4.78 is 10.8. The summed E-state index contributed by atoms with van der Waals surface area (Å²) in [5.74, 6) is 0.592. The molecule has 0 aromatic heterocycles. The molecule has 1 aliphatic carbocycles. The van der Waals surface area contributed by atoms with E-state index in [9.17, 15) is 15.0 Å². The van der Waals surface area contributed by atoms with Crippen molar-refractivity contribution in [2.24, 2.45) is 11.8 Å². The second-order valence-corrected chi connectivity index (χ2v) is 11.1. The first-order chi connectivity index (χ1) is 15.1. The predicted molar refractivity (Wildman–Crippen MR) is 125 cm³/mol. The summed E-state index contributed by atoms with van der Waals surface area (Å²) in [6, 6.07) is 0. The van der Waals surface area contributed by atoms with Crippen LogP contribution in [0.4, 0.5) is 0 Å². The van der Waals surface area contributed by atoms with E-state index in [4.69, 9.17) is 9.47 Å². The third-order valence-corrected chi connectivity index (χ3v) is 8.77. The van der Waals surface area contributed by atoms with E-state index < -0.39 is 0 Å². The summed E-state index contributed by atoms with van der Waals surface area (Å²) in [7, 11) is 0. The molecule has 0 aromatic rings. The Morgan fingerprint density at radius 2 is 2.13 bits per heavy atom. The fourth-order valence-electron chi connectivity index (χ4n) is 5.26. The zero-order valence-corrected chi connectivity index (χ0v) is 19.9. The van der Waals surface area contributed by atoms with Gasteiger partial charge in [-0.15, -0.1) is 0 Å². The number of carbonyl (C=O) groups excluding carboxylic acids is 1. The van der Waals surface area contributed by atoms with Crippen LogP contribution in [0.2, 0.25) is 0 Å². The number of hydrogen-bond donors (Lipinski definition) is 2. The molecular weight excluding hydrogens is 412 g/mol. The van der Waals surface area contributed by atoms with Crippen molar-refractivity contribution >= 4 is 17.7 Å². The minimum absolute atomic E-state index is 0.0998. The molecule has 2 heterocycles. The maximum absolute atomic E-state index is 11.9. The summed E-state index contributed by atoms with van der Waals surface area (Å²) in [5, 5.41) is 21.8. The van der Waals surface area contributed by atoms with E-state index in [1.54, 1.807) is 0 Å². The third kappa shape index (κ3) is 8.06. The highest BCUT2D eigenvalue weighted by atomic mass is 32.2. The third-order valence-electron chi connectivity index (χ3n) is 7.06. The van der Waals surface area contributed by atoms with Crippen molar-refractivity contribution in [1.82, 2.24) is 0 Å². The number of aliphatic hydroxyl groups is 2. The summed E-state index contributed by atoms with van der Waals surface area (Å²) in [6.07, 6.45) is 15.3. The van der Waals surface area contributed by atoms with E-state index in [0.29, 0.717) is 29.4 Å². The number of fused-ring (bicyclic) bond motifs is 1. The molecule has 0 aromatic carbocycles. The van der Waals surface area contributed by atoms with Crippen LogP contribution in [0.3, 0.4) is 0 Å². The summed E-state index contributed by atoms with van der Waals surface area (Å²) in [6.45, 7) is 3.37. The lowest BCUT2D eigenvalue weighted by atomic mass is 9.89. The molecular formula is C25H42O5S. The fourth-order valence-corrected chi connectivity index (χ4v) is 7.20. The van der Waals surface area contributed by atoms with Crippen LogP contribution in [-0.2, 0) is 14.3 Å². The molecule has 2 saturated heterocycles. The van der Waals surface area contributed by atoms with E-state index in [-0.39, 0.29) is 30.2 Å². The molecule has 3 fully saturated rings. The minimum Gasteiger partial charge on any atom is -0.463 e. The van der Waals surface area contributed by atoms with Gasteiger partial charge in [0.2, 0.25) is 0 Å². The number of carbonyl (C=O) groups is 1. The number of unbranched alkanes of at least 4 members (excludes halogenated alkanes) is 3. The monoisotopic (exact) mass is 454 g/mol. The SMILES string of the molecule is CCCCC[C@H](O)/C=C/[C@@H]1[C@H]2CC(CCCCC(=O)OCC3CCCO3)S[C@@H]2C[C@H]1O. The Hall–Kier alpha value is -0.560. The number of rotatable bonds is 13. The Morgan fingerprint density at radius 1 is 1.26 bits per heavy atom. The normalized spacial score (nSPS) is 33.8. The standard InChI is InChI=1S/C25H42O5S/c1-2-3-4-8-18(26)12-13-21-22-15-20(31-24(22)16-23(21)27)10-5-6-11-25(28)30-17-19-9-7-14-29-19/h12-13,18-24,26-27H,2-11,14-17H2,1H3/b13-12+/t18-,19?,20?,21+,22+,23+,24+/m0/s1. The first-order valence-corrected chi connectivity index (χ1v) is 13.5. The molecule has 7 atom stereocenters. The average Bonchev–Trinajstić information content (AvgIpc) is 3.45. The lowest BCUT2D eigenvalue weighted by molar-refractivity contribution is -0.147. The Labute approximate surface area is 192 Å². The Kier molecular flexibility index (Phi) is 10.7. The van der Waals surface area contributed by atoms with E-state index in [1.165, 1.54) is 0 Å². The van der Waals surface area contributed by atoms with Gasteiger partial charge in [-0.3, -0.25) is 4.79 Å². The lowest BCUT2D eigenvalue weighted by Crippen LogP contribution is -2.19. The molecule has 0 spiro atoms. The average molecular weight is 455 g/mol. The van der Waals surface area contributed by atoms with Gasteiger partial charge >= 0.3 is 5.97 Å². The first kappa shape index (κ1) is 25.1. The first-order valence-electron chi connectivity index (χ1n) is 12.5. The molecule has 0 bridgehead atoms. The van der Waals surface area contributed by atoms with Crippen molar-refractivity contribution in [3.63, 3.8) is 0 Å². The van der Waals surface area contributed by atoms with Crippen molar-refractivity contribution < 1.29 is 24.5 Å². The summed E-state index contributed by atoms with van der Waals surface area (Å²) in [5.41, 5.74) is 0. The highest BCUT2D eigenvalue weighted by Gasteiger charge is 2.47. The van der Waals surface area contributed by atoms with Gasteiger partial charge in [0.25, 0.3) is 0 Å². The number of hydrogen-bond acceptors (Lipinski definition) is 6. The maximum atomic E-state index is 11.9. The molecule has 31 heavy (non-hydrogen) atoms. The van der Waals surface area contributed by atoms with Gasteiger partial charge < -0.3 is 19.7 Å². The van der Waals surface area contributed by atoms with Crippen molar-refractivity contribution in [3.05, 3.63) is 12.2 Å². The molecule has 1 saturated carbocycles. The molecule has 2 aliphatic heterocycles. The quantitative estimate of drug-likeness (QED) is 0.240. The van der Waals surface area contributed by atoms with Crippen LogP contribution >= 0.6 is 11.8 Å². The number of thioether (sulfide) groups is 1. The van der Waals surface area contributed by atoms with Crippen molar-refractivity contribution in [1.29, 1.82) is 0 Å². The largest absolute Gasteiger partial charge is 0.463 e. The van der Waals surface area contributed by atoms with Gasteiger partial charge in [-0.1, -0.05) is 44.8 Å². The van der Waals surface area contributed by atoms with E-state index in [1.807, 2.05) is 17.8 Å². The Morgan fingerprint density at radius 3 is 2.90 bits per heavy atom. The molecule has 3 rings (SSSR count). The molecule has 178 valence electrons. The van der Waals surface area contributed by atoms with Crippen LogP contribution in [0.1, 0.15) is 84.0 Å². The molecule has 2 N–H and O–H groups in total. The maximum Gasteiger partial charge on any atom is 0.305 e. The van der Waals surface area contributed by atoms with Crippen LogP contribution in [0.5, 0.6) is 0 Å². The molecule has 0 amide bonds. The second-order valence-electron chi connectivity index (χ2n) is 9.59. The zero-order chi connectivity index (χ0) is 22.1. The van der Waals surface area contributed by atoms with E-state index in [0.717, 1.165) is 77.2 Å². The molecule has 0 radical (unpaired) electrons. The minimum atomic E-state index is -0.386. The van der Waals surface area contributed by atoms with Gasteiger partial charge in [-0.25, -0.2) is 0 Å². The van der Waals surface area contributed by atoms with Crippen LogP contribution in [0, 0.1) is 11.8 Å². The van der Waals surface area contributed by atoms with Gasteiger partial charge in [-0.2, -0.15) is 11.8 Å². The molecule has 6 heteroatoms. The lowest BCUT2D eigenvalue weighted by Gasteiger charge is -2.18. The molecule has 3 aliphatic rings. The summed E-state index contributed by atoms with van der Waals surface area (Å²) in [4.78, 5) is 11.9. The van der Waals surface area contributed by atoms with Crippen LogP contribution in [-0.4, -0.2) is 58.2 Å². The van der Waals surface area contributed by atoms with Gasteiger partial charge in [0, 0.05) is 29.4 Å². The van der Waals surface area contributed by atoms with Crippen molar-refractivity contribution in [3.8, 4) is 0 Å². The topological polar surface area (TPSA) is 76.0 Å². The number of aliphatic hydroxyl groups excluding tert-OH is 2. The number of esters is 1. The van der Waals surface area contributed by atoms with E-state index in [2.05, 4.69) is 13.0 Å². The Balaban J connectivity index is 1.31. The van der Waals surface area contributed by atoms with Crippen molar-refractivity contribution in [2.75, 3.05) is 13.2 Å². The number of ether oxygens (including phenoxy) is 2. The second kappa shape index (κ2) is 13.2. The van der Waals surface area contributed by atoms with Crippen LogP contribution in [0.15, 0.2) is 12.2 Å². The van der Waals surface area contributed by atoms with Crippen LogP contribution in [0.25, 0.3) is 0 Å². The highest BCUT2D eigenvalue weighted by Crippen LogP contribution is 2.52.